The van der Waals surface area contributed by atoms with Crippen LogP contribution in [0.1, 0.15) is 65.9 Å². The van der Waals surface area contributed by atoms with Crippen molar-refractivity contribution in [3.8, 4) is 5.75 Å². The topological polar surface area (TPSA) is 9.23 Å². The smallest absolute Gasteiger partial charge is 0.119 e. The molecule has 0 unspecified atom stereocenters. The van der Waals surface area contributed by atoms with Crippen molar-refractivity contribution in [3.63, 3.8) is 0 Å². The zero-order chi connectivity index (χ0) is 15.9. The van der Waals surface area contributed by atoms with Crippen molar-refractivity contribution < 1.29 is 4.74 Å². The van der Waals surface area contributed by atoms with Gasteiger partial charge in [0.25, 0.3) is 0 Å². The molecule has 1 rings (SSSR count). The van der Waals surface area contributed by atoms with E-state index in [0.29, 0.717) is 0 Å². The summed E-state index contributed by atoms with van der Waals surface area (Å²) in [6.07, 6.45) is 4.74. The summed E-state index contributed by atoms with van der Waals surface area (Å²) in [5, 5.41) is 0. The Balaban J connectivity index is 2.80. The number of thiol groups is 1. The Morgan fingerprint density at radius 2 is 1.67 bits per heavy atom. The van der Waals surface area contributed by atoms with Gasteiger partial charge in [0.2, 0.25) is 0 Å². The lowest BCUT2D eigenvalue weighted by atomic mass is 9.82. The van der Waals surface area contributed by atoms with Crippen molar-refractivity contribution in [1.82, 2.24) is 0 Å². The van der Waals surface area contributed by atoms with Crippen molar-refractivity contribution >= 4 is 12.6 Å². The van der Waals surface area contributed by atoms with Gasteiger partial charge in [0.05, 0.1) is 6.61 Å². The summed E-state index contributed by atoms with van der Waals surface area (Å²) >= 11 is 4.60. The highest BCUT2D eigenvalue weighted by molar-refractivity contribution is 7.80. The maximum absolute atomic E-state index is 6.15. The molecule has 0 saturated carbocycles. The molecule has 0 aliphatic rings. The minimum absolute atomic E-state index is 0.160. The highest BCUT2D eigenvalue weighted by Gasteiger charge is 2.28. The van der Waals surface area contributed by atoms with Crippen LogP contribution < -0.4 is 4.74 Å². The van der Waals surface area contributed by atoms with Crippen LogP contribution in [0, 0.1) is 5.41 Å². The van der Waals surface area contributed by atoms with E-state index in [1.807, 2.05) is 0 Å². The van der Waals surface area contributed by atoms with Crippen LogP contribution in [0.5, 0.6) is 5.75 Å². The molecule has 0 spiro atoms. The average molecular weight is 309 g/mol. The van der Waals surface area contributed by atoms with Crippen LogP contribution in [0.15, 0.2) is 24.3 Å². The first kappa shape index (κ1) is 18.4. The molecular formula is C19H32OS. The van der Waals surface area contributed by atoms with Gasteiger partial charge in [-0.2, -0.15) is 12.6 Å². The van der Waals surface area contributed by atoms with Crippen molar-refractivity contribution in [3.05, 3.63) is 29.8 Å². The maximum Gasteiger partial charge on any atom is 0.119 e. The molecule has 2 heteroatoms. The second-order valence-corrected chi connectivity index (χ2v) is 7.54. The Bertz CT molecular complexity index is 414. The molecule has 0 aliphatic heterocycles. The third-order valence-electron chi connectivity index (χ3n) is 4.14. The standard InChI is InChI=1S/C19H32OS/c1-6-11-19(15-21,12-7-2)14-20-17-10-8-9-16(13-17)18(3,4)5/h8-10,13,21H,6-7,11-12,14-15H2,1-5H3. The van der Waals surface area contributed by atoms with Crippen LogP contribution in [0.25, 0.3) is 0 Å². The number of benzene rings is 1. The molecule has 0 saturated heterocycles. The van der Waals surface area contributed by atoms with Gasteiger partial charge in [0, 0.05) is 5.41 Å². The zero-order valence-electron chi connectivity index (χ0n) is 14.4. The van der Waals surface area contributed by atoms with Crippen LogP contribution >= 0.6 is 12.6 Å². The lowest BCUT2D eigenvalue weighted by Gasteiger charge is -2.32. The maximum atomic E-state index is 6.15. The fourth-order valence-corrected chi connectivity index (χ4v) is 3.23. The molecule has 1 aromatic rings. The fraction of sp³-hybridized carbons (Fsp3) is 0.684. The summed E-state index contributed by atoms with van der Waals surface area (Å²) in [5.41, 5.74) is 1.69. The van der Waals surface area contributed by atoms with E-state index in [2.05, 4.69) is 71.5 Å². The van der Waals surface area contributed by atoms with Crippen molar-refractivity contribution in [2.24, 2.45) is 5.41 Å². The normalized spacial score (nSPS) is 12.5. The van der Waals surface area contributed by atoms with Crippen LogP contribution in [0.4, 0.5) is 0 Å². The second kappa shape index (κ2) is 8.12. The second-order valence-electron chi connectivity index (χ2n) is 7.22. The van der Waals surface area contributed by atoms with Crippen LogP contribution in [0.3, 0.4) is 0 Å². The largest absolute Gasteiger partial charge is 0.493 e. The van der Waals surface area contributed by atoms with Gasteiger partial charge in [0.1, 0.15) is 5.75 Å². The van der Waals surface area contributed by atoms with E-state index in [0.717, 1.165) is 18.1 Å². The van der Waals surface area contributed by atoms with Crippen LogP contribution in [0.2, 0.25) is 0 Å². The summed E-state index contributed by atoms with van der Waals surface area (Å²) in [5.74, 6) is 1.88. The average Bonchev–Trinajstić information content (AvgIpc) is 2.45. The summed E-state index contributed by atoms with van der Waals surface area (Å²) in [6.45, 7) is 12.0. The summed E-state index contributed by atoms with van der Waals surface area (Å²) in [7, 11) is 0. The number of hydrogen-bond donors (Lipinski definition) is 1. The molecule has 0 aromatic heterocycles. The molecule has 1 nitrogen and oxygen atoms in total. The number of rotatable bonds is 8. The summed E-state index contributed by atoms with van der Waals surface area (Å²) < 4.78 is 6.15. The minimum atomic E-state index is 0.160. The van der Waals surface area contributed by atoms with Gasteiger partial charge >= 0.3 is 0 Å². The molecule has 1 aromatic carbocycles. The first-order valence-corrected chi connectivity index (χ1v) is 8.84. The van der Waals surface area contributed by atoms with E-state index in [1.54, 1.807) is 0 Å². The van der Waals surface area contributed by atoms with E-state index in [-0.39, 0.29) is 10.8 Å². The lowest BCUT2D eigenvalue weighted by Crippen LogP contribution is -2.30. The Morgan fingerprint density at radius 1 is 1.05 bits per heavy atom. The number of hydrogen-bond acceptors (Lipinski definition) is 2. The molecule has 0 amide bonds. The molecule has 0 N–H and O–H groups in total. The van der Waals surface area contributed by atoms with Crippen molar-refractivity contribution in [2.45, 2.75) is 65.7 Å². The molecule has 120 valence electrons. The van der Waals surface area contributed by atoms with Gasteiger partial charge in [-0.1, -0.05) is 59.6 Å². The van der Waals surface area contributed by atoms with E-state index >= 15 is 0 Å². The predicted octanol–water partition coefficient (Wildman–Crippen LogP) is 5.88. The molecule has 0 atom stereocenters. The Labute approximate surface area is 136 Å². The Hall–Kier alpha value is -0.630. The van der Waals surface area contributed by atoms with Crippen LogP contribution in [-0.4, -0.2) is 12.4 Å². The molecule has 0 fully saturated rings. The van der Waals surface area contributed by atoms with Gasteiger partial charge in [-0.3, -0.25) is 0 Å². The summed E-state index contributed by atoms with van der Waals surface area (Å²) in [4.78, 5) is 0. The van der Waals surface area contributed by atoms with Gasteiger partial charge in [-0.05, 0) is 41.7 Å². The Kier molecular flexibility index (Phi) is 7.12. The first-order valence-electron chi connectivity index (χ1n) is 8.21. The van der Waals surface area contributed by atoms with Gasteiger partial charge in [-0.25, -0.2) is 0 Å². The first-order chi connectivity index (χ1) is 9.87. The molecule has 0 bridgehead atoms. The Morgan fingerprint density at radius 3 is 2.14 bits per heavy atom. The van der Waals surface area contributed by atoms with E-state index in [4.69, 9.17) is 4.74 Å². The van der Waals surface area contributed by atoms with Crippen molar-refractivity contribution in [2.75, 3.05) is 12.4 Å². The van der Waals surface area contributed by atoms with Gasteiger partial charge in [0.15, 0.2) is 0 Å². The highest BCUT2D eigenvalue weighted by Crippen LogP contribution is 2.33. The van der Waals surface area contributed by atoms with E-state index in [9.17, 15) is 0 Å². The monoisotopic (exact) mass is 308 g/mol. The van der Waals surface area contributed by atoms with Crippen LogP contribution in [-0.2, 0) is 5.41 Å². The SMILES string of the molecule is CCCC(CS)(CCC)COc1cccc(C(C)(C)C)c1. The minimum Gasteiger partial charge on any atom is -0.493 e. The zero-order valence-corrected chi connectivity index (χ0v) is 15.3. The predicted molar refractivity (Wildman–Crippen MR) is 96.7 cm³/mol. The molecule has 0 aliphatic carbocycles. The quantitative estimate of drug-likeness (QED) is 0.590. The highest BCUT2D eigenvalue weighted by atomic mass is 32.1. The fourth-order valence-electron chi connectivity index (χ4n) is 2.82. The van der Waals surface area contributed by atoms with E-state index < -0.39 is 0 Å². The van der Waals surface area contributed by atoms with E-state index in [1.165, 1.54) is 31.2 Å². The third kappa shape index (κ3) is 5.58. The molecule has 0 heterocycles. The van der Waals surface area contributed by atoms with Crippen molar-refractivity contribution in [1.29, 1.82) is 0 Å². The molecule has 21 heavy (non-hydrogen) atoms. The van der Waals surface area contributed by atoms with Gasteiger partial charge in [-0.15, -0.1) is 0 Å². The molecule has 0 radical (unpaired) electrons. The summed E-state index contributed by atoms with van der Waals surface area (Å²) in [6, 6.07) is 8.52. The van der Waals surface area contributed by atoms with Gasteiger partial charge < -0.3 is 4.74 Å². The lowest BCUT2D eigenvalue weighted by molar-refractivity contribution is 0.143. The number of ether oxygens (including phenoxy) is 1. The third-order valence-corrected chi connectivity index (χ3v) is 4.81. The molecular weight excluding hydrogens is 276 g/mol.